The van der Waals surface area contributed by atoms with E-state index in [2.05, 4.69) is 0 Å². The van der Waals surface area contributed by atoms with E-state index in [1.807, 2.05) is 6.92 Å². The van der Waals surface area contributed by atoms with Gasteiger partial charge in [0.2, 0.25) is 10.0 Å². The summed E-state index contributed by atoms with van der Waals surface area (Å²) in [4.78, 5) is 0. The van der Waals surface area contributed by atoms with Gasteiger partial charge in [0.05, 0.1) is 5.75 Å². The van der Waals surface area contributed by atoms with Crippen molar-refractivity contribution in [2.24, 2.45) is 0 Å². The van der Waals surface area contributed by atoms with Crippen molar-refractivity contribution < 1.29 is 12.8 Å². The molecule has 0 spiro atoms. The van der Waals surface area contributed by atoms with Crippen LogP contribution in [0.1, 0.15) is 31.7 Å². The van der Waals surface area contributed by atoms with Crippen molar-refractivity contribution in [1.29, 1.82) is 0 Å². The predicted molar refractivity (Wildman–Crippen MR) is 69.0 cm³/mol. The molecule has 5 heteroatoms. The van der Waals surface area contributed by atoms with Gasteiger partial charge in [-0.05, 0) is 37.0 Å². The van der Waals surface area contributed by atoms with E-state index in [0.717, 1.165) is 19.3 Å². The second-order valence-electron chi connectivity index (χ2n) is 4.70. The maximum atomic E-state index is 12.8. The van der Waals surface area contributed by atoms with Crippen LogP contribution < -0.4 is 0 Å². The van der Waals surface area contributed by atoms with Gasteiger partial charge in [-0.2, -0.15) is 4.31 Å². The number of sulfonamides is 1. The summed E-state index contributed by atoms with van der Waals surface area (Å²) in [6.45, 7) is 2.62. The van der Waals surface area contributed by atoms with E-state index >= 15 is 0 Å². The molecule has 0 aliphatic carbocycles. The minimum absolute atomic E-state index is 0.0379. The zero-order valence-electron chi connectivity index (χ0n) is 10.5. The maximum Gasteiger partial charge on any atom is 0.218 e. The first kappa shape index (κ1) is 13.5. The Labute approximate surface area is 108 Å². The van der Waals surface area contributed by atoms with Gasteiger partial charge in [0.1, 0.15) is 5.82 Å². The van der Waals surface area contributed by atoms with E-state index in [1.54, 1.807) is 4.31 Å². The Morgan fingerprint density at radius 2 is 2.00 bits per heavy atom. The average Bonchev–Trinajstić information content (AvgIpc) is 2.81. The molecule has 1 aromatic carbocycles. The molecule has 1 atom stereocenters. The molecule has 0 bridgehead atoms. The molecule has 2 rings (SSSR count). The van der Waals surface area contributed by atoms with Crippen LogP contribution in [0.5, 0.6) is 0 Å². The van der Waals surface area contributed by atoms with E-state index in [9.17, 15) is 12.8 Å². The number of benzene rings is 1. The lowest BCUT2D eigenvalue weighted by Gasteiger charge is -2.22. The van der Waals surface area contributed by atoms with Gasteiger partial charge in [0.25, 0.3) is 0 Å². The maximum absolute atomic E-state index is 12.8. The largest absolute Gasteiger partial charge is 0.218 e. The molecule has 1 aromatic rings. The lowest BCUT2D eigenvalue weighted by molar-refractivity contribution is 0.379. The van der Waals surface area contributed by atoms with Crippen molar-refractivity contribution in [3.05, 3.63) is 35.6 Å². The van der Waals surface area contributed by atoms with E-state index in [0.29, 0.717) is 12.1 Å². The Bertz CT molecular complexity index is 498. The molecule has 1 heterocycles. The highest BCUT2D eigenvalue weighted by atomic mass is 32.2. The molecule has 0 N–H and O–H groups in total. The van der Waals surface area contributed by atoms with Gasteiger partial charge in [-0.3, -0.25) is 0 Å². The molecule has 0 amide bonds. The topological polar surface area (TPSA) is 37.4 Å². The summed E-state index contributed by atoms with van der Waals surface area (Å²) >= 11 is 0. The number of hydrogen-bond donors (Lipinski definition) is 0. The zero-order valence-corrected chi connectivity index (χ0v) is 11.3. The Morgan fingerprint density at radius 1 is 1.33 bits per heavy atom. The minimum Gasteiger partial charge on any atom is -0.212 e. The first-order valence-corrected chi connectivity index (χ1v) is 7.88. The Morgan fingerprint density at radius 3 is 2.61 bits per heavy atom. The van der Waals surface area contributed by atoms with Gasteiger partial charge in [0.15, 0.2) is 0 Å². The van der Waals surface area contributed by atoms with Gasteiger partial charge in [-0.25, -0.2) is 12.8 Å². The molecule has 18 heavy (non-hydrogen) atoms. The number of halogens is 1. The van der Waals surface area contributed by atoms with Crippen LogP contribution in [0.4, 0.5) is 4.39 Å². The summed E-state index contributed by atoms with van der Waals surface area (Å²) in [7, 11) is -3.28. The summed E-state index contributed by atoms with van der Waals surface area (Å²) < 4.78 is 39.0. The fourth-order valence-corrected chi connectivity index (χ4v) is 4.35. The Balaban J connectivity index is 2.14. The number of hydrogen-bond acceptors (Lipinski definition) is 2. The molecule has 0 aromatic heterocycles. The van der Waals surface area contributed by atoms with Crippen molar-refractivity contribution in [1.82, 2.24) is 4.31 Å². The Hall–Kier alpha value is -0.940. The van der Waals surface area contributed by atoms with Crippen LogP contribution >= 0.6 is 0 Å². The first-order chi connectivity index (χ1) is 8.53. The molecule has 1 aliphatic heterocycles. The summed E-state index contributed by atoms with van der Waals surface area (Å²) in [5.41, 5.74) is 0.637. The summed E-state index contributed by atoms with van der Waals surface area (Å²) in [5.74, 6) is -0.382. The zero-order chi connectivity index (χ0) is 13.2. The van der Waals surface area contributed by atoms with E-state index in [-0.39, 0.29) is 17.6 Å². The lowest BCUT2D eigenvalue weighted by Crippen LogP contribution is -2.35. The molecule has 1 unspecified atom stereocenters. The summed E-state index contributed by atoms with van der Waals surface area (Å²) in [5, 5.41) is 0. The van der Waals surface area contributed by atoms with Gasteiger partial charge >= 0.3 is 0 Å². The Kier molecular flexibility index (Phi) is 4.02. The molecule has 0 radical (unpaired) electrons. The fourth-order valence-electron chi connectivity index (χ4n) is 2.46. The molecular weight excluding hydrogens is 253 g/mol. The SMILES string of the molecule is CCC1CCCN1S(=O)(=O)Cc1ccc(F)cc1. The molecule has 100 valence electrons. The van der Waals surface area contributed by atoms with Crippen LogP contribution in [0, 0.1) is 5.82 Å². The van der Waals surface area contributed by atoms with Gasteiger partial charge in [-0.15, -0.1) is 0 Å². The van der Waals surface area contributed by atoms with Crippen molar-refractivity contribution in [2.75, 3.05) is 6.54 Å². The van der Waals surface area contributed by atoms with Crippen LogP contribution in [0.2, 0.25) is 0 Å². The molecular formula is C13H18FNO2S. The minimum atomic E-state index is -3.28. The van der Waals surface area contributed by atoms with Crippen LogP contribution in [0.25, 0.3) is 0 Å². The molecule has 0 saturated carbocycles. The van der Waals surface area contributed by atoms with Gasteiger partial charge in [0, 0.05) is 12.6 Å². The van der Waals surface area contributed by atoms with Crippen molar-refractivity contribution in [3.8, 4) is 0 Å². The van der Waals surface area contributed by atoms with Gasteiger partial charge in [-0.1, -0.05) is 19.1 Å². The van der Waals surface area contributed by atoms with Crippen LogP contribution in [-0.4, -0.2) is 25.3 Å². The average molecular weight is 271 g/mol. The summed E-state index contributed by atoms with van der Waals surface area (Å²) in [6, 6.07) is 5.79. The van der Waals surface area contributed by atoms with Crippen LogP contribution in [0.15, 0.2) is 24.3 Å². The molecule has 3 nitrogen and oxygen atoms in total. The van der Waals surface area contributed by atoms with Crippen molar-refractivity contribution in [2.45, 2.75) is 38.0 Å². The van der Waals surface area contributed by atoms with Crippen molar-refractivity contribution >= 4 is 10.0 Å². The lowest BCUT2D eigenvalue weighted by atomic mass is 10.2. The smallest absolute Gasteiger partial charge is 0.212 e. The second-order valence-corrected chi connectivity index (χ2v) is 6.62. The summed E-state index contributed by atoms with van der Waals surface area (Å²) in [6.07, 6.45) is 2.73. The highest BCUT2D eigenvalue weighted by Gasteiger charge is 2.32. The van der Waals surface area contributed by atoms with E-state index in [1.165, 1.54) is 24.3 Å². The van der Waals surface area contributed by atoms with Gasteiger partial charge < -0.3 is 0 Å². The second kappa shape index (κ2) is 5.36. The standard InChI is InChI=1S/C13H18FNO2S/c1-2-13-4-3-9-15(13)18(16,17)10-11-5-7-12(14)8-6-11/h5-8,13H,2-4,9-10H2,1H3. The molecule has 1 saturated heterocycles. The third-order valence-electron chi connectivity index (χ3n) is 3.41. The van der Waals surface area contributed by atoms with E-state index in [4.69, 9.17) is 0 Å². The number of nitrogens with zero attached hydrogens (tertiary/aromatic N) is 1. The third kappa shape index (κ3) is 2.90. The highest BCUT2D eigenvalue weighted by Crippen LogP contribution is 2.25. The normalized spacial score (nSPS) is 21.3. The predicted octanol–water partition coefficient (Wildman–Crippen LogP) is 2.53. The molecule has 1 aliphatic rings. The van der Waals surface area contributed by atoms with Crippen LogP contribution in [-0.2, 0) is 15.8 Å². The number of rotatable bonds is 4. The third-order valence-corrected chi connectivity index (χ3v) is 5.31. The quantitative estimate of drug-likeness (QED) is 0.844. The monoisotopic (exact) mass is 271 g/mol. The van der Waals surface area contributed by atoms with Crippen molar-refractivity contribution in [3.63, 3.8) is 0 Å². The van der Waals surface area contributed by atoms with Crippen LogP contribution in [0.3, 0.4) is 0 Å². The van der Waals surface area contributed by atoms with E-state index < -0.39 is 10.0 Å². The highest BCUT2D eigenvalue weighted by molar-refractivity contribution is 7.88. The fraction of sp³-hybridized carbons (Fsp3) is 0.538. The molecule has 1 fully saturated rings. The first-order valence-electron chi connectivity index (χ1n) is 6.27.